The molecule has 0 aromatic heterocycles. The Labute approximate surface area is 217 Å². The monoisotopic (exact) mass is 517 g/mol. The molecule has 2 aromatic carbocycles. The molecule has 0 fully saturated rings. The molecule has 2 aromatic rings. The number of rotatable bonds is 10. The second-order valence-electron chi connectivity index (χ2n) is 8.97. The first-order chi connectivity index (χ1) is 17.2. The fraction of sp³-hybridized carbons (Fsp3) is 0.444. The van der Waals surface area contributed by atoms with Gasteiger partial charge in [0.05, 0.1) is 29.3 Å². The maximum absolute atomic E-state index is 9.64. The molecule has 1 heterocycles. The van der Waals surface area contributed by atoms with E-state index in [0.717, 1.165) is 60.9 Å². The van der Waals surface area contributed by atoms with Crippen molar-refractivity contribution >= 4 is 34.9 Å². The zero-order chi connectivity index (χ0) is 26.5. The van der Waals surface area contributed by atoms with E-state index in [1.54, 1.807) is 7.11 Å². The van der Waals surface area contributed by atoms with Gasteiger partial charge in [0.15, 0.2) is 0 Å². The van der Waals surface area contributed by atoms with Crippen molar-refractivity contribution in [2.24, 2.45) is 11.1 Å². The highest BCUT2D eigenvalue weighted by Gasteiger charge is 2.15. The molecule has 36 heavy (non-hydrogen) atoms. The normalized spacial score (nSPS) is 13.2. The third kappa shape index (κ3) is 9.87. The van der Waals surface area contributed by atoms with Gasteiger partial charge >= 0.3 is 11.9 Å². The minimum atomic E-state index is -1.08. The van der Waals surface area contributed by atoms with Crippen LogP contribution in [0.25, 0.3) is 0 Å². The number of aliphatic carboxylic acids is 2. The topological polar surface area (TPSA) is 120 Å². The third-order valence-corrected chi connectivity index (χ3v) is 5.91. The average Bonchev–Trinajstić information content (AvgIpc) is 3.08. The number of carboxylic acid groups (broad SMARTS) is 2. The number of anilines is 1. The lowest BCUT2D eigenvalue weighted by molar-refractivity contribution is -0.143. The number of hydrogen-bond acceptors (Lipinski definition) is 6. The van der Waals surface area contributed by atoms with Crippen LogP contribution in [0.1, 0.15) is 55.4 Å². The molecular formula is C27H36ClN3O5. The van der Waals surface area contributed by atoms with Gasteiger partial charge in [-0.1, -0.05) is 60.9 Å². The van der Waals surface area contributed by atoms with Gasteiger partial charge in [-0.25, -0.2) is 0 Å². The van der Waals surface area contributed by atoms with Gasteiger partial charge in [-0.2, -0.15) is 0 Å². The summed E-state index contributed by atoms with van der Waals surface area (Å²) in [6, 6.07) is 12.7. The second-order valence-corrected chi connectivity index (χ2v) is 9.37. The van der Waals surface area contributed by atoms with Gasteiger partial charge in [-0.05, 0) is 66.6 Å². The molecule has 0 saturated heterocycles. The summed E-state index contributed by atoms with van der Waals surface area (Å²) in [5.41, 5.74) is 7.12. The van der Waals surface area contributed by atoms with Crippen LogP contribution in [-0.2, 0) is 33.8 Å². The molecule has 1 aliphatic rings. The van der Waals surface area contributed by atoms with Crippen LogP contribution in [0.15, 0.2) is 41.6 Å². The van der Waals surface area contributed by atoms with E-state index in [2.05, 4.69) is 60.0 Å². The molecule has 0 atom stereocenters. The summed E-state index contributed by atoms with van der Waals surface area (Å²) in [5, 5.41) is 27.8. The van der Waals surface area contributed by atoms with E-state index in [0.29, 0.717) is 5.92 Å². The Morgan fingerprint density at radius 1 is 1.06 bits per heavy atom. The summed E-state index contributed by atoms with van der Waals surface area (Å²) in [5.74, 6) is -1.62. The number of nitrogens with one attached hydrogen (secondary N) is 2. The zero-order valence-corrected chi connectivity index (χ0v) is 21.9. The van der Waals surface area contributed by atoms with Gasteiger partial charge in [0, 0.05) is 6.54 Å². The Morgan fingerprint density at radius 3 is 2.28 bits per heavy atom. The predicted octanol–water partition coefficient (Wildman–Crippen LogP) is 4.97. The van der Waals surface area contributed by atoms with Gasteiger partial charge in [-0.3, -0.25) is 9.59 Å². The van der Waals surface area contributed by atoms with Crippen LogP contribution < -0.4 is 10.6 Å². The van der Waals surface area contributed by atoms with E-state index in [4.69, 9.17) is 26.7 Å². The lowest BCUT2D eigenvalue weighted by atomic mass is 9.99. The van der Waals surface area contributed by atoms with Crippen molar-refractivity contribution in [1.29, 1.82) is 0 Å². The van der Waals surface area contributed by atoms with Gasteiger partial charge < -0.3 is 25.7 Å². The van der Waals surface area contributed by atoms with Crippen molar-refractivity contribution in [3.8, 4) is 0 Å². The second kappa shape index (κ2) is 15.1. The maximum Gasteiger partial charge on any atom is 0.303 e. The molecule has 0 saturated carbocycles. The Hall–Kier alpha value is -3.10. The largest absolute Gasteiger partial charge is 0.481 e. The van der Waals surface area contributed by atoms with Gasteiger partial charge in [0.1, 0.15) is 7.11 Å². The van der Waals surface area contributed by atoms with Gasteiger partial charge in [0.2, 0.25) is 0 Å². The fourth-order valence-electron chi connectivity index (χ4n) is 3.86. The first kappa shape index (κ1) is 29.1. The van der Waals surface area contributed by atoms with Crippen molar-refractivity contribution in [2.45, 2.75) is 52.5 Å². The minimum Gasteiger partial charge on any atom is -0.481 e. The lowest BCUT2D eigenvalue weighted by Gasteiger charge is -2.16. The number of fused-ring (bicyclic) bond motifs is 1. The van der Waals surface area contributed by atoms with E-state index < -0.39 is 11.9 Å². The molecule has 9 heteroatoms. The zero-order valence-electron chi connectivity index (χ0n) is 21.1. The van der Waals surface area contributed by atoms with Crippen LogP contribution in [0, 0.1) is 5.92 Å². The molecule has 0 unspecified atom stereocenters. The molecule has 4 N–H and O–H groups in total. The highest BCUT2D eigenvalue weighted by Crippen LogP contribution is 2.31. The van der Waals surface area contributed by atoms with E-state index in [1.807, 2.05) is 6.07 Å². The molecule has 0 amide bonds. The highest BCUT2D eigenvalue weighted by molar-refractivity contribution is 6.33. The van der Waals surface area contributed by atoms with Crippen LogP contribution in [0.4, 0.5) is 5.69 Å². The molecule has 0 aliphatic carbocycles. The molecule has 0 bridgehead atoms. The number of halogens is 1. The maximum atomic E-state index is 9.64. The third-order valence-electron chi connectivity index (χ3n) is 5.59. The van der Waals surface area contributed by atoms with Crippen LogP contribution >= 0.6 is 11.6 Å². The van der Waals surface area contributed by atoms with Crippen LogP contribution in [0.5, 0.6) is 0 Å². The van der Waals surface area contributed by atoms with Crippen molar-refractivity contribution in [3.63, 3.8) is 0 Å². The van der Waals surface area contributed by atoms with E-state index in [9.17, 15) is 9.59 Å². The number of carboxylic acids is 2. The lowest BCUT2D eigenvalue weighted by Crippen LogP contribution is -2.16. The van der Waals surface area contributed by atoms with Crippen molar-refractivity contribution in [1.82, 2.24) is 5.32 Å². The smallest absolute Gasteiger partial charge is 0.303 e. The van der Waals surface area contributed by atoms with Crippen LogP contribution in [0.2, 0.25) is 5.02 Å². The number of benzene rings is 2. The summed E-state index contributed by atoms with van der Waals surface area (Å²) < 4.78 is 0. The van der Waals surface area contributed by atoms with E-state index >= 15 is 0 Å². The summed E-state index contributed by atoms with van der Waals surface area (Å²) >= 11 is 6.52. The number of hydrogen-bond donors (Lipinski definition) is 4. The standard InChI is InChI=1S/C23H30ClN3O.C4H6O4/c1-16(2)14-22(27-28-3)19-6-4-17(5-7-19)15-26-23-20-11-13-25-12-10-18(20)8-9-21(23)24;5-3(6)1-2-4(7)8/h4-9,16,25-26H,10-15H2,1-3H3;1-2H2,(H,5,6)(H,7,8). The molecule has 8 nitrogen and oxygen atoms in total. The number of oxime groups is 1. The number of carbonyl (C=O) groups is 2. The highest BCUT2D eigenvalue weighted by atomic mass is 35.5. The first-order valence-corrected chi connectivity index (χ1v) is 12.5. The minimum absolute atomic E-state index is 0.296. The summed E-state index contributed by atoms with van der Waals surface area (Å²) in [6.07, 6.45) is 2.35. The van der Waals surface area contributed by atoms with Crippen molar-refractivity contribution < 1.29 is 24.6 Å². The summed E-state index contributed by atoms with van der Waals surface area (Å²) in [7, 11) is 1.60. The summed E-state index contributed by atoms with van der Waals surface area (Å²) in [6.45, 7) is 7.13. The quantitative estimate of drug-likeness (QED) is 0.259. The van der Waals surface area contributed by atoms with Crippen LogP contribution in [0.3, 0.4) is 0 Å². The molecular weight excluding hydrogens is 482 g/mol. The molecule has 0 spiro atoms. The Bertz CT molecular complexity index is 1020. The number of nitrogens with zero attached hydrogens (tertiary/aromatic N) is 1. The fourth-order valence-corrected chi connectivity index (χ4v) is 4.10. The first-order valence-electron chi connectivity index (χ1n) is 12.1. The molecule has 1 aliphatic heterocycles. The molecule has 3 rings (SSSR count). The SMILES string of the molecule is CON=C(CC(C)C)c1ccc(CNc2c(Cl)ccc3c2CCNCC3)cc1.O=C(O)CCC(=O)O. The Kier molecular flexibility index (Phi) is 12.2. The summed E-state index contributed by atoms with van der Waals surface area (Å²) in [4.78, 5) is 24.3. The van der Waals surface area contributed by atoms with Crippen molar-refractivity contribution in [3.05, 3.63) is 63.7 Å². The Balaban J connectivity index is 0.000000493. The predicted molar refractivity (Wildman–Crippen MR) is 143 cm³/mol. The van der Waals surface area contributed by atoms with E-state index in [1.165, 1.54) is 16.7 Å². The van der Waals surface area contributed by atoms with Crippen LogP contribution in [-0.4, -0.2) is 48.1 Å². The van der Waals surface area contributed by atoms with Crippen molar-refractivity contribution in [2.75, 3.05) is 25.5 Å². The Morgan fingerprint density at radius 2 is 1.69 bits per heavy atom. The van der Waals surface area contributed by atoms with Gasteiger partial charge in [0.25, 0.3) is 0 Å². The molecule has 0 radical (unpaired) electrons. The average molecular weight is 518 g/mol. The molecule has 196 valence electrons. The van der Waals surface area contributed by atoms with E-state index in [-0.39, 0.29) is 12.8 Å². The van der Waals surface area contributed by atoms with Gasteiger partial charge in [-0.15, -0.1) is 0 Å².